The van der Waals surface area contributed by atoms with Crippen molar-refractivity contribution in [3.8, 4) is 16.5 Å². The average Bonchev–Trinajstić information content (AvgIpc) is 3.58. The van der Waals surface area contributed by atoms with E-state index in [1.54, 1.807) is 0 Å². The van der Waals surface area contributed by atoms with Crippen molar-refractivity contribution in [2.75, 3.05) is 6.54 Å². The summed E-state index contributed by atoms with van der Waals surface area (Å²) in [6, 6.07) is 9.37. The van der Waals surface area contributed by atoms with Crippen molar-refractivity contribution in [3.63, 3.8) is 0 Å². The number of alkyl carbamates (subject to hydrolysis) is 1. The van der Waals surface area contributed by atoms with E-state index in [0.717, 1.165) is 49.8 Å². The Hall–Kier alpha value is -4.52. The molecule has 1 aromatic carbocycles. The molecule has 4 aliphatic rings. The van der Waals surface area contributed by atoms with E-state index in [9.17, 15) is 24.3 Å². The lowest BCUT2D eigenvalue weighted by atomic mass is 10.0. The lowest BCUT2D eigenvalue weighted by Crippen LogP contribution is -2.56. The molecule has 1 saturated heterocycles. The Labute approximate surface area is 288 Å². The van der Waals surface area contributed by atoms with E-state index in [4.69, 9.17) is 19.4 Å². The van der Waals surface area contributed by atoms with Crippen LogP contribution in [-0.4, -0.2) is 80.2 Å². The highest BCUT2D eigenvalue weighted by Gasteiger charge is 2.61. The van der Waals surface area contributed by atoms with Crippen LogP contribution in [0.5, 0.6) is 5.88 Å². The number of allylic oxidation sites excluding steroid dienone is 1. The summed E-state index contributed by atoms with van der Waals surface area (Å²) in [5, 5.41) is 17.7. The molecule has 258 valence electrons. The molecule has 7 rings (SSSR count). The molecular weight excluding hydrogens is 646 g/mol. The number of aromatic nitrogens is 2. The minimum absolute atomic E-state index is 0.0363. The number of hydrogen-bond acceptors (Lipinski definition) is 9. The molecule has 2 saturated carbocycles. The molecule has 3 fully saturated rings. The van der Waals surface area contributed by atoms with Crippen molar-refractivity contribution >= 4 is 46.2 Å². The molecule has 49 heavy (non-hydrogen) atoms. The van der Waals surface area contributed by atoms with E-state index in [-0.39, 0.29) is 37.3 Å². The summed E-state index contributed by atoms with van der Waals surface area (Å²) >= 11 is 1.50. The molecule has 0 unspecified atom stereocenters. The number of fused-ring (bicyclic) bond motifs is 3. The predicted octanol–water partition coefficient (Wildman–Crippen LogP) is 5.22. The van der Waals surface area contributed by atoms with Gasteiger partial charge in [0.05, 0.1) is 22.5 Å². The van der Waals surface area contributed by atoms with Gasteiger partial charge in [-0.05, 0) is 74.9 Å². The van der Waals surface area contributed by atoms with Crippen LogP contribution >= 0.6 is 11.3 Å². The first-order valence-electron chi connectivity index (χ1n) is 17.3. The quantitative estimate of drug-likeness (QED) is 0.295. The Morgan fingerprint density at radius 1 is 0.980 bits per heavy atom. The van der Waals surface area contributed by atoms with E-state index in [1.165, 1.54) is 16.2 Å². The molecule has 0 bridgehead atoms. The Balaban J connectivity index is 1.19. The smallest absolute Gasteiger partial charge is 0.408 e. The van der Waals surface area contributed by atoms with Gasteiger partial charge in [-0.15, -0.1) is 11.3 Å². The SMILES string of the molecule is O=C(N[C@@H]1CCCCCC=C[C@@H]2C[C@]2(C(=O)O)NC(=O)[C@@H]2C[C@H](Oc3nc4ccccc4nc3-c3cccs3)CN2C1=O)OC1CCCC1. The number of amides is 3. The molecule has 3 aromatic rings. The maximum atomic E-state index is 14.4. The number of ether oxygens (including phenoxy) is 2. The van der Waals surface area contributed by atoms with Crippen LogP contribution in [0.1, 0.15) is 70.6 Å². The molecule has 2 aromatic heterocycles. The normalized spacial score (nSPS) is 27.8. The number of carboxylic acid groups (broad SMARTS) is 1. The van der Waals surface area contributed by atoms with Crippen molar-refractivity contribution in [2.24, 2.45) is 5.92 Å². The standard InChI is InChI=1S/C36H41N5O7S/c42-31-28-19-24(47-32-30(29-17-10-18-49-29)37-25-14-8-9-15-26(25)38-32)21-41(28)33(43)27(39-35(46)48-23-12-6-7-13-23)16-5-3-1-2-4-11-22-20-36(22,40-31)34(44)45/h4,8-11,14-15,17-18,22-24,27-28H,1-3,5-7,12-13,16,19-21H2,(H,39,46)(H,40,42)(H,44,45)/t22-,24+,27-,28+,36+/m1/s1. The van der Waals surface area contributed by atoms with E-state index < -0.39 is 47.6 Å². The van der Waals surface area contributed by atoms with Gasteiger partial charge in [-0.2, -0.15) is 0 Å². The van der Waals surface area contributed by atoms with Crippen LogP contribution in [0.2, 0.25) is 0 Å². The number of hydrogen-bond donors (Lipinski definition) is 3. The van der Waals surface area contributed by atoms with E-state index in [2.05, 4.69) is 10.6 Å². The van der Waals surface area contributed by atoms with Crippen molar-refractivity contribution in [1.82, 2.24) is 25.5 Å². The Morgan fingerprint density at radius 3 is 2.51 bits per heavy atom. The number of nitrogens with one attached hydrogen (secondary N) is 2. The molecule has 13 heteroatoms. The molecule has 4 heterocycles. The number of carboxylic acids is 1. The zero-order valence-electron chi connectivity index (χ0n) is 27.2. The maximum absolute atomic E-state index is 14.4. The number of benzene rings is 1. The summed E-state index contributed by atoms with van der Waals surface area (Å²) in [6.45, 7) is 0.0363. The van der Waals surface area contributed by atoms with Gasteiger partial charge in [0.25, 0.3) is 0 Å². The predicted molar refractivity (Wildman–Crippen MR) is 182 cm³/mol. The second-order valence-electron chi connectivity index (χ2n) is 13.5. The van der Waals surface area contributed by atoms with Crippen LogP contribution in [0.3, 0.4) is 0 Å². The average molecular weight is 688 g/mol. The van der Waals surface area contributed by atoms with Crippen LogP contribution in [-0.2, 0) is 19.1 Å². The highest BCUT2D eigenvalue weighted by Crippen LogP contribution is 2.45. The highest BCUT2D eigenvalue weighted by molar-refractivity contribution is 7.13. The molecule has 2 aliphatic carbocycles. The Kier molecular flexibility index (Phi) is 9.53. The van der Waals surface area contributed by atoms with Crippen LogP contribution in [0, 0.1) is 5.92 Å². The van der Waals surface area contributed by atoms with Gasteiger partial charge in [-0.25, -0.2) is 19.6 Å². The summed E-state index contributed by atoms with van der Waals surface area (Å²) in [7, 11) is 0. The summed E-state index contributed by atoms with van der Waals surface area (Å²) in [6.07, 6.45) is 9.83. The minimum Gasteiger partial charge on any atom is -0.479 e. The maximum Gasteiger partial charge on any atom is 0.408 e. The lowest BCUT2D eigenvalue weighted by molar-refractivity contribution is -0.145. The lowest BCUT2D eigenvalue weighted by Gasteiger charge is -2.29. The topological polar surface area (TPSA) is 160 Å². The minimum atomic E-state index is -1.43. The fourth-order valence-corrected chi connectivity index (χ4v) is 7.98. The first-order chi connectivity index (χ1) is 23.8. The molecule has 0 radical (unpaired) electrons. The zero-order valence-corrected chi connectivity index (χ0v) is 28.0. The second-order valence-corrected chi connectivity index (χ2v) is 14.4. The number of thiophene rings is 1. The van der Waals surface area contributed by atoms with Crippen molar-refractivity contribution in [1.29, 1.82) is 0 Å². The van der Waals surface area contributed by atoms with Gasteiger partial charge in [0.15, 0.2) is 0 Å². The van der Waals surface area contributed by atoms with Gasteiger partial charge < -0.3 is 30.1 Å². The number of para-hydroxylation sites is 2. The summed E-state index contributed by atoms with van der Waals surface area (Å²) < 4.78 is 12.2. The molecular formula is C36H41N5O7S. The highest BCUT2D eigenvalue weighted by atomic mass is 32.1. The van der Waals surface area contributed by atoms with Crippen LogP contribution in [0.4, 0.5) is 4.79 Å². The van der Waals surface area contributed by atoms with Crippen molar-refractivity contribution in [3.05, 3.63) is 53.9 Å². The van der Waals surface area contributed by atoms with Gasteiger partial charge in [-0.1, -0.05) is 43.2 Å². The third-order valence-corrected chi connectivity index (χ3v) is 10.9. The van der Waals surface area contributed by atoms with Crippen molar-refractivity contribution < 1.29 is 33.8 Å². The van der Waals surface area contributed by atoms with Gasteiger partial charge >= 0.3 is 12.1 Å². The zero-order chi connectivity index (χ0) is 34.0. The van der Waals surface area contributed by atoms with Crippen LogP contribution in [0.25, 0.3) is 21.6 Å². The summed E-state index contributed by atoms with van der Waals surface area (Å²) in [4.78, 5) is 65.8. The Morgan fingerprint density at radius 2 is 1.76 bits per heavy atom. The summed E-state index contributed by atoms with van der Waals surface area (Å²) in [5.41, 5.74) is 0.471. The Bertz CT molecular complexity index is 1740. The molecule has 3 N–H and O–H groups in total. The number of rotatable bonds is 6. The second kappa shape index (κ2) is 14.1. The number of aliphatic carboxylic acids is 1. The molecule has 0 spiro atoms. The molecule has 3 amide bonds. The third-order valence-electron chi connectivity index (χ3n) is 10.1. The fourth-order valence-electron chi connectivity index (χ4n) is 7.28. The third kappa shape index (κ3) is 7.12. The van der Waals surface area contributed by atoms with E-state index in [1.807, 2.05) is 53.9 Å². The largest absolute Gasteiger partial charge is 0.479 e. The molecule has 5 atom stereocenters. The molecule has 2 aliphatic heterocycles. The van der Waals surface area contributed by atoms with Gasteiger partial charge in [0.2, 0.25) is 17.7 Å². The number of nitrogens with zero attached hydrogens (tertiary/aromatic N) is 3. The van der Waals surface area contributed by atoms with E-state index in [0.29, 0.717) is 29.6 Å². The van der Waals surface area contributed by atoms with E-state index >= 15 is 0 Å². The first-order valence-corrected chi connectivity index (χ1v) is 18.2. The number of carbonyl (C=O) groups excluding carboxylic acids is 3. The van der Waals surface area contributed by atoms with Gasteiger partial charge in [-0.3, -0.25) is 9.59 Å². The molecule has 12 nitrogen and oxygen atoms in total. The van der Waals surface area contributed by atoms with Crippen molar-refractivity contribution in [2.45, 2.75) is 100 Å². The first kappa shape index (κ1) is 33.0. The van der Waals surface area contributed by atoms with Gasteiger partial charge in [0, 0.05) is 12.3 Å². The summed E-state index contributed by atoms with van der Waals surface area (Å²) in [5.74, 6) is -2.15. The number of carbonyl (C=O) groups is 4. The van der Waals surface area contributed by atoms with Gasteiger partial charge in [0.1, 0.15) is 35.5 Å². The van der Waals surface area contributed by atoms with Crippen LogP contribution in [0.15, 0.2) is 53.9 Å². The monoisotopic (exact) mass is 687 g/mol. The van der Waals surface area contributed by atoms with Crippen LogP contribution < -0.4 is 15.4 Å². The fraction of sp³-hybridized carbons (Fsp3) is 0.500.